The summed E-state index contributed by atoms with van der Waals surface area (Å²) >= 11 is 0. The molecular formula is C39H46O10. The molecule has 262 valence electrons. The zero-order valence-corrected chi connectivity index (χ0v) is 29.1. The molecule has 4 aliphatic rings. The molecule has 1 aliphatic heterocycles. The molecular weight excluding hydrogens is 628 g/mol. The number of carbonyl (C=O) groups is 4. The van der Waals surface area contributed by atoms with Gasteiger partial charge in [0.2, 0.25) is 0 Å². The number of fused-ring (bicyclic) bond motifs is 5. The molecule has 2 heterocycles. The van der Waals surface area contributed by atoms with E-state index in [2.05, 4.69) is 0 Å². The molecule has 49 heavy (non-hydrogen) atoms. The third kappa shape index (κ3) is 5.52. The van der Waals surface area contributed by atoms with Gasteiger partial charge >= 0.3 is 23.9 Å². The SMILES string of the molecule is CC(=O)O[C@@H]1C2C(C)(C)[C@H](OC(C)=O)C[C@H](OC(=O)/C=C/c3ccccc3)[C@]2(C)[C@H]2CC[C@]3(C)C(=CC(=O)O[C@H]3c3ccoc3)[C@]2(C)[C@@H]1O. The van der Waals surface area contributed by atoms with Crippen LogP contribution in [0.1, 0.15) is 85.0 Å². The van der Waals surface area contributed by atoms with E-state index in [1.54, 1.807) is 18.4 Å². The molecule has 0 saturated heterocycles. The van der Waals surface area contributed by atoms with Crippen LogP contribution in [0.15, 0.2) is 71.1 Å². The lowest BCUT2D eigenvalue weighted by molar-refractivity contribution is -0.297. The van der Waals surface area contributed by atoms with Gasteiger partial charge in [-0.1, -0.05) is 65.0 Å². The second kappa shape index (κ2) is 12.3. The van der Waals surface area contributed by atoms with Gasteiger partial charge in [-0.05, 0) is 42.0 Å². The maximum atomic E-state index is 13.6. The zero-order valence-electron chi connectivity index (χ0n) is 29.1. The van der Waals surface area contributed by atoms with Gasteiger partial charge in [-0.15, -0.1) is 0 Å². The molecule has 0 radical (unpaired) electrons. The average molecular weight is 675 g/mol. The quantitative estimate of drug-likeness (QED) is 0.216. The Morgan fingerprint density at radius 1 is 0.939 bits per heavy atom. The molecule has 10 atom stereocenters. The van der Waals surface area contributed by atoms with Gasteiger partial charge in [-0.25, -0.2) is 9.59 Å². The molecule has 3 saturated carbocycles. The number of hydrogen-bond acceptors (Lipinski definition) is 10. The van der Waals surface area contributed by atoms with Crippen LogP contribution in [-0.4, -0.2) is 53.4 Å². The van der Waals surface area contributed by atoms with Crippen LogP contribution in [0.2, 0.25) is 0 Å². The van der Waals surface area contributed by atoms with Gasteiger partial charge < -0.3 is 28.5 Å². The van der Waals surface area contributed by atoms with Crippen LogP contribution in [0.25, 0.3) is 6.08 Å². The summed E-state index contributed by atoms with van der Waals surface area (Å²) in [6, 6.07) is 11.1. The van der Waals surface area contributed by atoms with Crippen molar-refractivity contribution in [2.24, 2.45) is 33.5 Å². The second-order valence-electron chi connectivity index (χ2n) is 15.4. The number of aliphatic hydroxyl groups is 1. The van der Waals surface area contributed by atoms with E-state index >= 15 is 0 Å². The van der Waals surface area contributed by atoms with Crippen molar-refractivity contribution in [2.45, 2.75) is 98.2 Å². The van der Waals surface area contributed by atoms with Gasteiger partial charge in [0.1, 0.15) is 30.5 Å². The largest absolute Gasteiger partial charge is 0.472 e. The fourth-order valence-corrected chi connectivity index (χ4v) is 10.4. The molecule has 6 rings (SSSR count). The Kier molecular flexibility index (Phi) is 8.70. The molecule has 1 aromatic carbocycles. The van der Waals surface area contributed by atoms with E-state index in [1.807, 2.05) is 65.0 Å². The first-order chi connectivity index (χ1) is 23.0. The molecule has 10 heteroatoms. The number of aliphatic hydroxyl groups excluding tert-OH is 1. The zero-order chi connectivity index (χ0) is 35.5. The monoisotopic (exact) mass is 674 g/mol. The van der Waals surface area contributed by atoms with Crippen LogP contribution < -0.4 is 0 Å². The molecule has 3 aliphatic carbocycles. The van der Waals surface area contributed by atoms with Crippen LogP contribution in [0.5, 0.6) is 0 Å². The average Bonchev–Trinajstić information content (AvgIpc) is 3.56. The third-order valence-electron chi connectivity index (χ3n) is 12.3. The normalized spacial score (nSPS) is 37.8. The smallest absolute Gasteiger partial charge is 0.331 e. The number of hydrogen-bond donors (Lipinski definition) is 1. The van der Waals surface area contributed by atoms with Crippen LogP contribution >= 0.6 is 0 Å². The van der Waals surface area contributed by atoms with Crippen molar-refractivity contribution in [1.82, 2.24) is 0 Å². The highest BCUT2D eigenvalue weighted by Crippen LogP contribution is 2.73. The predicted octanol–water partition coefficient (Wildman–Crippen LogP) is 6.14. The lowest BCUT2D eigenvalue weighted by Gasteiger charge is -2.71. The summed E-state index contributed by atoms with van der Waals surface area (Å²) in [4.78, 5) is 52.2. The summed E-state index contributed by atoms with van der Waals surface area (Å²) in [5.74, 6) is -3.20. The Balaban J connectivity index is 1.51. The molecule has 0 amide bonds. The fourth-order valence-electron chi connectivity index (χ4n) is 10.4. The molecule has 10 nitrogen and oxygen atoms in total. The van der Waals surface area contributed by atoms with E-state index in [0.717, 1.165) is 5.56 Å². The van der Waals surface area contributed by atoms with Crippen molar-refractivity contribution >= 4 is 30.0 Å². The van der Waals surface area contributed by atoms with Gasteiger partial charge in [0.25, 0.3) is 0 Å². The molecule has 0 spiro atoms. The molecule has 1 unspecified atom stereocenters. The van der Waals surface area contributed by atoms with Crippen LogP contribution in [0, 0.1) is 33.5 Å². The minimum absolute atomic E-state index is 0.190. The van der Waals surface area contributed by atoms with Gasteiger partial charge in [0.05, 0.1) is 12.5 Å². The molecule has 3 fully saturated rings. The molecule has 1 N–H and O–H groups in total. The molecule has 1 aromatic heterocycles. The van der Waals surface area contributed by atoms with Crippen molar-refractivity contribution in [1.29, 1.82) is 0 Å². The topological polar surface area (TPSA) is 139 Å². The lowest BCUT2D eigenvalue weighted by atomic mass is 9.35. The first-order valence-electron chi connectivity index (χ1n) is 17.0. The minimum atomic E-state index is -1.27. The van der Waals surface area contributed by atoms with Gasteiger partial charge in [-0.2, -0.15) is 0 Å². The Labute approximate surface area is 286 Å². The summed E-state index contributed by atoms with van der Waals surface area (Å²) in [5, 5.41) is 12.6. The highest BCUT2D eigenvalue weighted by molar-refractivity contribution is 5.87. The maximum Gasteiger partial charge on any atom is 0.331 e. The summed E-state index contributed by atoms with van der Waals surface area (Å²) in [5.41, 5.74) is -1.42. The van der Waals surface area contributed by atoms with E-state index in [-0.39, 0.29) is 12.3 Å². The molecule has 2 aromatic rings. The second-order valence-corrected chi connectivity index (χ2v) is 15.4. The summed E-state index contributed by atoms with van der Waals surface area (Å²) in [6.45, 7) is 12.5. The number of benzene rings is 1. The molecule has 0 bridgehead atoms. The van der Waals surface area contributed by atoms with Crippen molar-refractivity contribution in [3.8, 4) is 0 Å². The van der Waals surface area contributed by atoms with Gasteiger partial charge in [0.15, 0.2) is 0 Å². The minimum Gasteiger partial charge on any atom is -0.472 e. The Morgan fingerprint density at radius 3 is 2.27 bits per heavy atom. The van der Waals surface area contributed by atoms with Crippen LogP contribution in [0.4, 0.5) is 0 Å². The van der Waals surface area contributed by atoms with Crippen molar-refractivity contribution in [3.05, 3.63) is 77.8 Å². The van der Waals surface area contributed by atoms with Gasteiger partial charge in [-0.3, -0.25) is 9.59 Å². The van der Waals surface area contributed by atoms with Crippen molar-refractivity contribution in [3.63, 3.8) is 0 Å². The summed E-state index contributed by atoms with van der Waals surface area (Å²) in [6.07, 6.45) is 4.38. The number of ether oxygens (including phenoxy) is 4. The van der Waals surface area contributed by atoms with Crippen molar-refractivity contribution in [2.75, 3.05) is 0 Å². The Bertz CT molecular complexity index is 1670. The van der Waals surface area contributed by atoms with E-state index in [4.69, 9.17) is 23.4 Å². The van der Waals surface area contributed by atoms with E-state index < -0.39 is 82.0 Å². The first-order valence-corrected chi connectivity index (χ1v) is 17.0. The lowest BCUT2D eigenvalue weighted by Crippen LogP contribution is -2.75. The van der Waals surface area contributed by atoms with E-state index in [1.165, 1.54) is 32.3 Å². The van der Waals surface area contributed by atoms with E-state index in [0.29, 0.717) is 24.0 Å². The maximum absolute atomic E-state index is 13.6. The van der Waals surface area contributed by atoms with Gasteiger partial charge in [0, 0.05) is 65.6 Å². The van der Waals surface area contributed by atoms with Crippen molar-refractivity contribution < 1.29 is 47.6 Å². The number of carbonyl (C=O) groups excluding carboxylic acids is 4. The fraction of sp³-hybridized carbons (Fsp3) is 0.538. The highest BCUT2D eigenvalue weighted by atomic mass is 16.6. The standard InChI is InChI=1S/C39H46O10/c1-22(40)46-28-20-29(48-30(42)14-13-24-11-9-8-10-12-24)39(7)26-15-17-37(5)27(19-31(43)49-35(37)25-16-18-45-21-25)38(26,6)34(44)32(47-23(2)41)33(39)36(28,3)4/h8-14,16,18-19,21,26,28-29,32-35,44H,15,17,20H2,1-7H3/b14-13+/t26-,28+,29-,32+,33?,34+,35-,37+,38+,39-/m0/s1. The Hall–Kier alpha value is -4.18. The van der Waals surface area contributed by atoms with Crippen LogP contribution in [-0.2, 0) is 38.1 Å². The van der Waals surface area contributed by atoms with Crippen LogP contribution in [0.3, 0.4) is 0 Å². The highest BCUT2D eigenvalue weighted by Gasteiger charge is 2.75. The first kappa shape index (κ1) is 34.7. The number of rotatable bonds is 6. The summed E-state index contributed by atoms with van der Waals surface area (Å²) < 4.78 is 29.7. The predicted molar refractivity (Wildman–Crippen MR) is 177 cm³/mol. The summed E-state index contributed by atoms with van der Waals surface area (Å²) in [7, 11) is 0. The number of cyclic esters (lactones) is 1. The number of furan rings is 1. The third-order valence-corrected chi connectivity index (χ3v) is 12.3. The van der Waals surface area contributed by atoms with E-state index in [9.17, 15) is 24.3 Å². The Morgan fingerprint density at radius 2 is 1.63 bits per heavy atom. The number of esters is 4.